The number of carbonyl (C=O) groups excluding carboxylic acids is 3. The molecule has 166 valence electrons. The molecular weight excluding hydrogens is 394 g/mol. The van der Waals surface area contributed by atoms with Gasteiger partial charge >= 0.3 is 0 Å². The van der Waals surface area contributed by atoms with Crippen molar-refractivity contribution >= 4 is 29.2 Å². The van der Waals surface area contributed by atoms with E-state index in [1.165, 1.54) is 6.42 Å². The molecule has 1 fully saturated rings. The molecule has 1 heterocycles. The molecule has 3 rings (SSSR count). The van der Waals surface area contributed by atoms with Crippen molar-refractivity contribution in [1.29, 1.82) is 0 Å². The Kier molecular flexibility index (Phi) is 7.81. The van der Waals surface area contributed by atoms with Gasteiger partial charge in [-0.15, -0.1) is 0 Å². The molecule has 8 heteroatoms. The molecule has 1 aliphatic rings. The predicted octanol–water partition coefficient (Wildman–Crippen LogP) is 3.71. The van der Waals surface area contributed by atoms with Gasteiger partial charge in [-0.3, -0.25) is 19.5 Å². The lowest BCUT2D eigenvalue weighted by molar-refractivity contribution is -0.120. The Morgan fingerprint density at radius 3 is 2.55 bits per heavy atom. The minimum absolute atomic E-state index is 0.00822. The van der Waals surface area contributed by atoms with Crippen molar-refractivity contribution in [2.75, 3.05) is 10.6 Å². The van der Waals surface area contributed by atoms with E-state index in [0.717, 1.165) is 25.7 Å². The largest absolute Gasteiger partial charge is 0.340 e. The molecule has 31 heavy (non-hydrogen) atoms. The number of hydrogen-bond donors (Lipinski definition) is 4. The zero-order valence-corrected chi connectivity index (χ0v) is 18.1. The third-order valence-corrected chi connectivity index (χ3v) is 5.46. The number of anilines is 2. The molecule has 2 aromatic rings. The Morgan fingerprint density at radius 1 is 1.10 bits per heavy atom. The van der Waals surface area contributed by atoms with E-state index in [0.29, 0.717) is 23.5 Å². The molecule has 3 amide bonds. The Hall–Kier alpha value is -3.16. The second-order valence-electron chi connectivity index (χ2n) is 8.52. The highest BCUT2D eigenvalue weighted by atomic mass is 16.2. The average Bonchev–Trinajstić information content (AvgIpc) is 3.26. The molecule has 1 aliphatic carbocycles. The van der Waals surface area contributed by atoms with E-state index >= 15 is 0 Å². The first kappa shape index (κ1) is 22.5. The number of nitrogens with one attached hydrogen (secondary N) is 4. The van der Waals surface area contributed by atoms with Crippen molar-refractivity contribution in [2.24, 2.45) is 11.8 Å². The van der Waals surface area contributed by atoms with Crippen molar-refractivity contribution in [1.82, 2.24) is 15.5 Å². The molecule has 1 atom stereocenters. The van der Waals surface area contributed by atoms with Crippen LogP contribution in [0.5, 0.6) is 0 Å². The van der Waals surface area contributed by atoms with Crippen LogP contribution in [0.3, 0.4) is 0 Å². The Bertz CT molecular complexity index is 888. The van der Waals surface area contributed by atoms with Crippen LogP contribution in [0.4, 0.5) is 11.5 Å². The SMILES string of the molecule is CC(C)CC(NC(=O)c1cccc(NC(=O)C2CCCCC2)c1)C(=O)Nc1ccn[nH]1. The first-order valence-electron chi connectivity index (χ1n) is 10.9. The Morgan fingerprint density at radius 2 is 1.87 bits per heavy atom. The lowest BCUT2D eigenvalue weighted by Gasteiger charge is -2.21. The average molecular weight is 426 g/mol. The zero-order valence-electron chi connectivity index (χ0n) is 18.1. The maximum Gasteiger partial charge on any atom is 0.252 e. The highest BCUT2D eigenvalue weighted by Crippen LogP contribution is 2.25. The van der Waals surface area contributed by atoms with Gasteiger partial charge in [-0.2, -0.15) is 5.10 Å². The van der Waals surface area contributed by atoms with Gasteiger partial charge in [-0.1, -0.05) is 39.2 Å². The number of rotatable bonds is 8. The van der Waals surface area contributed by atoms with E-state index in [9.17, 15) is 14.4 Å². The molecule has 1 unspecified atom stereocenters. The number of hydrogen-bond acceptors (Lipinski definition) is 4. The number of carbonyl (C=O) groups is 3. The van der Waals surface area contributed by atoms with Crippen LogP contribution in [0.1, 0.15) is 62.7 Å². The summed E-state index contributed by atoms with van der Waals surface area (Å²) in [5, 5.41) is 15.0. The van der Waals surface area contributed by atoms with Crippen LogP contribution in [0.15, 0.2) is 36.5 Å². The van der Waals surface area contributed by atoms with Crippen LogP contribution < -0.4 is 16.0 Å². The summed E-state index contributed by atoms with van der Waals surface area (Å²) < 4.78 is 0. The molecular formula is C23H31N5O3. The topological polar surface area (TPSA) is 116 Å². The number of H-pyrrole nitrogens is 1. The van der Waals surface area contributed by atoms with Crippen molar-refractivity contribution < 1.29 is 14.4 Å². The molecule has 0 bridgehead atoms. The fraction of sp³-hybridized carbons (Fsp3) is 0.478. The Balaban J connectivity index is 1.64. The van der Waals surface area contributed by atoms with E-state index in [1.54, 1.807) is 36.5 Å². The molecule has 0 radical (unpaired) electrons. The molecule has 0 aliphatic heterocycles. The van der Waals surface area contributed by atoms with E-state index < -0.39 is 6.04 Å². The summed E-state index contributed by atoms with van der Waals surface area (Å²) in [4.78, 5) is 38.0. The van der Waals surface area contributed by atoms with Crippen LogP contribution in [0, 0.1) is 11.8 Å². The summed E-state index contributed by atoms with van der Waals surface area (Å²) in [6, 6.07) is 7.77. The van der Waals surface area contributed by atoms with Crippen LogP contribution in [-0.2, 0) is 9.59 Å². The summed E-state index contributed by atoms with van der Waals surface area (Å²) in [5.41, 5.74) is 0.982. The van der Waals surface area contributed by atoms with Gasteiger partial charge in [0.25, 0.3) is 5.91 Å². The van der Waals surface area contributed by atoms with E-state index in [4.69, 9.17) is 0 Å². The summed E-state index contributed by atoms with van der Waals surface area (Å²) in [6.07, 6.45) is 7.20. The normalized spacial score (nSPS) is 15.3. The maximum absolute atomic E-state index is 12.9. The minimum atomic E-state index is -0.698. The zero-order chi connectivity index (χ0) is 22.2. The maximum atomic E-state index is 12.9. The summed E-state index contributed by atoms with van der Waals surface area (Å²) in [6.45, 7) is 3.98. The van der Waals surface area contributed by atoms with Gasteiger partial charge < -0.3 is 16.0 Å². The van der Waals surface area contributed by atoms with Crippen LogP contribution >= 0.6 is 0 Å². The van der Waals surface area contributed by atoms with Gasteiger partial charge in [0.05, 0.1) is 6.20 Å². The molecule has 0 saturated heterocycles. The highest BCUT2D eigenvalue weighted by molar-refractivity contribution is 6.02. The Labute approximate surface area is 182 Å². The lowest BCUT2D eigenvalue weighted by atomic mass is 9.88. The van der Waals surface area contributed by atoms with Gasteiger partial charge in [0, 0.05) is 23.2 Å². The predicted molar refractivity (Wildman–Crippen MR) is 120 cm³/mol. The molecule has 4 N–H and O–H groups in total. The number of nitrogens with zero attached hydrogens (tertiary/aromatic N) is 1. The van der Waals surface area contributed by atoms with Crippen molar-refractivity contribution in [3.05, 3.63) is 42.1 Å². The van der Waals surface area contributed by atoms with Crippen LogP contribution in [-0.4, -0.2) is 34.0 Å². The van der Waals surface area contributed by atoms with Crippen molar-refractivity contribution in [3.8, 4) is 0 Å². The number of benzene rings is 1. The first-order valence-corrected chi connectivity index (χ1v) is 10.9. The van der Waals surface area contributed by atoms with E-state index in [-0.39, 0.29) is 29.6 Å². The van der Waals surface area contributed by atoms with E-state index in [1.807, 2.05) is 13.8 Å². The second-order valence-corrected chi connectivity index (χ2v) is 8.52. The second kappa shape index (κ2) is 10.7. The minimum Gasteiger partial charge on any atom is -0.340 e. The molecule has 8 nitrogen and oxygen atoms in total. The van der Waals surface area contributed by atoms with Crippen molar-refractivity contribution in [3.63, 3.8) is 0 Å². The van der Waals surface area contributed by atoms with Gasteiger partial charge in [0.15, 0.2) is 0 Å². The van der Waals surface area contributed by atoms with Gasteiger partial charge in [-0.25, -0.2) is 0 Å². The number of aromatic nitrogens is 2. The van der Waals surface area contributed by atoms with Crippen LogP contribution in [0.2, 0.25) is 0 Å². The highest BCUT2D eigenvalue weighted by Gasteiger charge is 2.24. The van der Waals surface area contributed by atoms with E-state index in [2.05, 4.69) is 26.1 Å². The smallest absolute Gasteiger partial charge is 0.252 e. The quantitative estimate of drug-likeness (QED) is 0.516. The first-order chi connectivity index (χ1) is 14.9. The lowest BCUT2D eigenvalue weighted by Crippen LogP contribution is -2.44. The molecule has 1 aromatic heterocycles. The molecule has 1 saturated carbocycles. The monoisotopic (exact) mass is 425 g/mol. The summed E-state index contributed by atoms with van der Waals surface area (Å²) >= 11 is 0. The summed E-state index contributed by atoms with van der Waals surface area (Å²) in [5.74, 6) is 0.0494. The molecule has 1 aromatic carbocycles. The molecule has 0 spiro atoms. The van der Waals surface area contributed by atoms with Gasteiger partial charge in [0.1, 0.15) is 11.9 Å². The fourth-order valence-electron chi connectivity index (χ4n) is 3.84. The van der Waals surface area contributed by atoms with Gasteiger partial charge in [0.2, 0.25) is 11.8 Å². The summed E-state index contributed by atoms with van der Waals surface area (Å²) in [7, 11) is 0. The van der Waals surface area contributed by atoms with Gasteiger partial charge in [-0.05, 0) is 43.4 Å². The number of aromatic amines is 1. The third-order valence-electron chi connectivity index (χ3n) is 5.46. The number of amides is 3. The standard InChI is InChI=1S/C23H31N5O3/c1-15(2)13-19(23(31)27-20-11-12-24-28-20)26-22(30)17-9-6-10-18(14-17)25-21(29)16-7-4-3-5-8-16/h6,9-12,14-16,19H,3-5,7-8,13H2,1-2H3,(H,25,29)(H,26,30)(H2,24,27,28,31). The third kappa shape index (κ3) is 6.67. The van der Waals surface area contributed by atoms with Crippen LogP contribution in [0.25, 0.3) is 0 Å². The fourth-order valence-corrected chi connectivity index (χ4v) is 3.84. The van der Waals surface area contributed by atoms with Crippen molar-refractivity contribution in [2.45, 2.75) is 58.4 Å².